The number of furan rings is 1. The van der Waals surface area contributed by atoms with E-state index in [4.69, 9.17) is 19.1 Å². The first kappa shape index (κ1) is 20.5. The van der Waals surface area contributed by atoms with Crippen LogP contribution in [0, 0.1) is 11.7 Å². The molecule has 2 aromatic heterocycles. The van der Waals surface area contributed by atoms with E-state index in [2.05, 4.69) is 11.8 Å². The van der Waals surface area contributed by atoms with Gasteiger partial charge in [-0.25, -0.2) is 9.37 Å². The van der Waals surface area contributed by atoms with Crippen molar-refractivity contribution in [2.45, 2.75) is 32.7 Å². The highest BCUT2D eigenvalue weighted by Crippen LogP contribution is 2.33. The van der Waals surface area contributed by atoms with Gasteiger partial charge in [0.1, 0.15) is 11.6 Å². The van der Waals surface area contributed by atoms with Gasteiger partial charge in [0.05, 0.1) is 24.1 Å². The number of amides is 1. The van der Waals surface area contributed by atoms with Crippen molar-refractivity contribution in [1.82, 2.24) is 14.9 Å². The van der Waals surface area contributed by atoms with Crippen molar-refractivity contribution >= 4 is 11.9 Å². The van der Waals surface area contributed by atoms with E-state index in [-0.39, 0.29) is 11.7 Å². The fourth-order valence-electron chi connectivity index (χ4n) is 4.15. The van der Waals surface area contributed by atoms with E-state index in [0.717, 1.165) is 37.2 Å². The van der Waals surface area contributed by atoms with Crippen molar-refractivity contribution in [3.63, 3.8) is 0 Å². The van der Waals surface area contributed by atoms with Gasteiger partial charge in [0, 0.05) is 26.1 Å². The Morgan fingerprint density at radius 3 is 2.62 bits per heavy atom. The smallest absolute Gasteiger partial charge is 0.289 e. The number of piperidine rings is 1. The molecule has 0 atom stereocenters. The molecule has 0 radical (unpaired) electrons. The van der Waals surface area contributed by atoms with Crippen molar-refractivity contribution in [3.05, 3.63) is 65.5 Å². The van der Waals surface area contributed by atoms with Crippen molar-refractivity contribution in [2.24, 2.45) is 5.92 Å². The van der Waals surface area contributed by atoms with E-state index in [1.165, 1.54) is 18.4 Å². The first-order chi connectivity index (χ1) is 15.6. The molecule has 1 saturated heterocycles. The molecule has 0 aliphatic carbocycles. The van der Waals surface area contributed by atoms with Crippen LogP contribution in [0.2, 0.25) is 0 Å². The molecule has 0 N–H and O–H groups in total. The van der Waals surface area contributed by atoms with Crippen LogP contribution in [-0.4, -0.2) is 40.4 Å². The highest BCUT2D eigenvalue weighted by molar-refractivity contribution is 5.91. The SMILES string of the molecule is CC1CCN(c2nc3c(c(Oc4ccc(F)cc4)n2)CN(C(=O)c2ccco2)CC3)CC1. The third-order valence-corrected chi connectivity index (χ3v) is 6.12. The number of halogens is 1. The second-order valence-electron chi connectivity index (χ2n) is 8.43. The Kier molecular flexibility index (Phi) is 5.51. The molecule has 2 aliphatic heterocycles. The molecule has 8 heteroatoms. The summed E-state index contributed by atoms with van der Waals surface area (Å²) >= 11 is 0. The van der Waals surface area contributed by atoms with Crippen LogP contribution in [-0.2, 0) is 13.0 Å². The van der Waals surface area contributed by atoms with Gasteiger partial charge in [-0.1, -0.05) is 6.92 Å². The number of nitrogens with zero attached hydrogens (tertiary/aromatic N) is 4. The molecule has 1 amide bonds. The minimum atomic E-state index is -0.333. The minimum Gasteiger partial charge on any atom is -0.459 e. The standard InChI is InChI=1S/C24H25FN4O3/c1-16-8-11-28(12-9-16)24-26-20-10-13-29(23(30)21-3-2-14-31-21)15-19(20)22(27-24)32-18-6-4-17(25)5-7-18/h2-7,14,16H,8-13,15H2,1H3. The number of anilines is 1. The van der Waals surface area contributed by atoms with Gasteiger partial charge >= 0.3 is 0 Å². The highest BCUT2D eigenvalue weighted by atomic mass is 19.1. The van der Waals surface area contributed by atoms with Crippen molar-refractivity contribution in [1.29, 1.82) is 0 Å². The fraction of sp³-hybridized carbons (Fsp3) is 0.375. The highest BCUT2D eigenvalue weighted by Gasteiger charge is 2.29. The van der Waals surface area contributed by atoms with Crippen LogP contribution in [0.15, 0.2) is 47.1 Å². The Morgan fingerprint density at radius 2 is 1.91 bits per heavy atom. The number of carbonyl (C=O) groups excluding carboxylic acids is 1. The summed E-state index contributed by atoms with van der Waals surface area (Å²) in [5.41, 5.74) is 1.66. The molecule has 0 spiro atoms. The normalized spacial score (nSPS) is 16.7. The summed E-state index contributed by atoms with van der Waals surface area (Å²) in [5, 5.41) is 0. The summed E-state index contributed by atoms with van der Waals surface area (Å²) in [7, 11) is 0. The van der Waals surface area contributed by atoms with Crippen LogP contribution in [0.25, 0.3) is 0 Å². The van der Waals surface area contributed by atoms with Gasteiger partial charge in [-0.2, -0.15) is 4.98 Å². The van der Waals surface area contributed by atoms with Crippen molar-refractivity contribution in [3.8, 4) is 11.6 Å². The van der Waals surface area contributed by atoms with E-state index >= 15 is 0 Å². The molecular weight excluding hydrogens is 411 g/mol. The first-order valence-corrected chi connectivity index (χ1v) is 11.0. The molecule has 0 saturated carbocycles. The molecule has 0 unspecified atom stereocenters. The number of rotatable bonds is 4. The maximum absolute atomic E-state index is 13.4. The molecule has 7 nitrogen and oxygen atoms in total. The molecule has 1 aromatic carbocycles. The zero-order chi connectivity index (χ0) is 22.1. The molecule has 2 aliphatic rings. The van der Waals surface area contributed by atoms with E-state index in [1.54, 1.807) is 29.2 Å². The van der Waals surface area contributed by atoms with Gasteiger partial charge in [-0.3, -0.25) is 4.79 Å². The molecule has 4 heterocycles. The Balaban J connectivity index is 1.48. The molecular formula is C24H25FN4O3. The molecule has 1 fully saturated rings. The Morgan fingerprint density at radius 1 is 1.12 bits per heavy atom. The average molecular weight is 436 g/mol. The largest absolute Gasteiger partial charge is 0.459 e. The Bertz CT molecular complexity index is 1090. The maximum Gasteiger partial charge on any atom is 0.289 e. The van der Waals surface area contributed by atoms with Gasteiger partial charge in [0.25, 0.3) is 5.91 Å². The van der Waals surface area contributed by atoms with Gasteiger partial charge in [-0.15, -0.1) is 0 Å². The summed E-state index contributed by atoms with van der Waals surface area (Å²) in [6.07, 6.45) is 4.28. The van der Waals surface area contributed by atoms with Crippen LogP contribution in [0.4, 0.5) is 10.3 Å². The van der Waals surface area contributed by atoms with Crippen LogP contribution in [0.5, 0.6) is 11.6 Å². The van der Waals surface area contributed by atoms with Gasteiger partial charge in [-0.05, 0) is 55.2 Å². The lowest BCUT2D eigenvalue weighted by atomic mass is 9.99. The number of hydrogen-bond donors (Lipinski definition) is 0. The lowest BCUT2D eigenvalue weighted by molar-refractivity contribution is 0.0699. The molecule has 0 bridgehead atoms. The van der Waals surface area contributed by atoms with Crippen LogP contribution < -0.4 is 9.64 Å². The lowest BCUT2D eigenvalue weighted by Crippen LogP contribution is -2.38. The second kappa shape index (κ2) is 8.61. The number of fused-ring (bicyclic) bond motifs is 1. The summed E-state index contributed by atoms with van der Waals surface area (Å²) in [6, 6.07) is 9.19. The quantitative estimate of drug-likeness (QED) is 0.602. The molecule has 5 rings (SSSR count). The van der Waals surface area contributed by atoms with Crippen molar-refractivity contribution in [2.75, 3.05) is 24.5 Å². The predicted octanol–water partition coefficient (Wildman–Crippen LogP) is 4.44. The summed E-state index contributed by atoms with van der Waals surface area (Å²) < 4.78 is 24.8. The van der Waals surface area contributed by atoms with Crippen LogP contribution in [0.3, 0.4) is 0 Å². The third-order valence-electron chi connectivity index (χ3n) is 6.12. The second-order valence-corrected chi connectivity index (χ2v) is 8.43. The molecule has 3 aromatic rings. The number of ether oxygens (including phenoxy) is 1. The zero-order valence-electron chi connectivity index (χ0n) is 18.0. The summed E-state index contributed by atoms with van der Waals surface area (Å²) in [6.45, 7) is 4.93. The molecule has 166 valence electrons. The topological polar surface area (TPSA) is 71.7 Å². The fourth-order valence-corrected chi connectivity index (χ4v) is 4.15. The van der Waals surface area contributed by atoms with E-state index < -0.39 is 0 Å². The zero-order valence-corrected chi connectivity index (χ0v) is 18.0. The average Bonchev–Trinajstić information content (AvgIpc) is 3.35. The lowest BCUT2D eigenvalue weighted by Gasteiger charge is -2.33. The summed E-state index contributed by atoms with van der Waals surface area (Å²) in [5.74, 6) is 2.03. The number of benzene rings is 1. The predicted molar refractivity (Wildman–Crippen MR) is 116 cm³/mol. The van der Waals surface area contributed by atoms with Gasteiger partial charge < -0.3 is 19.0 Å². The monoisotopic (exact) mass is 436 g/mol. The minimum absolute atomic E-state index is 0.178. The van der Waals surface area contributed by atoms with E-state index in [0.29, 0.717) is 48.8 Å². The Labute approximate surface area is 185 Å². The first-order valence-electron chi connectivity index (χ1n) is 11.0. The molecule has 32 heavy (non-hydrogen) atoms. The number of hydrogen-bond acceptors (Lipinski definition) is 6. The Hall–Kier alpha value is -3.42. The van der Waals surface area contributed by atoms with Crippen LogP contribution in [0.1, 0.15) is 41.6 Å². The van der Waals surface area contributed by atoms with Gasteiger partial charge in [0.2, 0.25) is 11.8 Å². The van der Waals surface area contributed by atoms with Crippen molar-refractivity contribution < 1.29 is 18.3 Å². The number of aromatic nitrogens is 2. The number of carbonyl (C=O) groups is 1. The maximum atomic E-state index is 13.4. The van der Waals surface area contributed by atoms with Crippen LogP contribution >= 0.6 is 0 Å². The van der Waals surface area contributed by atoms with Gasteiger partial charge in [0.15, 0.2) is 5.76 Å². The van der Waals surface area contributed by atoms with E-state index in [9.17, 15) is 9.18 Å². The summed E-state index contributed by atoms with van der Waals surface area (Å²) in [4.78, 5) is 26.3. The third kappa shape index (κ3) is 4.17. The van der Waals surface area contributed by atoms with E-state index in [1.807, 2.05) is 0 Å².